The van der Waals surface area contributed by atoms with Crippen molar-refractivity contribution in [1.82, 2.24) is 9.55 Å². The van der Waals surface area contributed by atoms with Gasteiger partial charge in [-0.15, -0.1) is 0 Å². The number of thiocarbonyl (C=S) groups is 1. The Hall–Kier alpha value is -3.45. The first-order valence-electron chi connectivity index (χ1n) is 15.0. The predicted molar refractivity (Wildman–Crippen MR) is 197 cm³/mol. The van der Waals surface area contributed by atoms with Gasteiger partial charge in [-0.05, 0) is 66.8 Å². The molecule has 9 heteroatoms. The molecule has 0 amide bonds. The maximum Gasteiger partial charge on any atom is 0.227 e. The third-order valence-corrected chi connectivity index (χ3v) is 14.3. The number of nitrogens with zero attached hydrogens (tertiary/aromatic N) is 3. The topological polar surface area (TPSA) is 48.6 Å². The molecule has 0 N–H and O–H groups in total. The number of aromatic nitrogens is 2. The Labute approximate surface area is 276 Å². The van der Waals surface area contributed by atoms with E-state index in [1.54, 1.807) is 6.20 Å². The summed E-state index contributed by atoms with van der Waals surface area (Å²) in [5.74, 6) is 2.70. The Morgan fingerprint density at radius 2 is 1.49 bits per heavy atom. The quantitative estimate of drug-likeness (QED) is 0.0620. The molecular weight excluding hydrogens is 633 g/mol. The van der Waals surface area contributed by atoms with Gasteiger partial charge < -0.3 is 14.0 Å². The van der Waals surface area contributed by atoms with E-state index >= 15 is 0 Å². The van der Waals surface area contributed by atoms with E-state index in [1.807, 2.05) is 16.8 Å². The lowest BCUT2D eigenvalue weighted by Gasteiger charge is -2.24. The van der Waals surface area contributed by atoms with Crippen LogP contribution in [0.2, 0.25) is 30.7 Å². The second-order valence-corrected chi connectivity index (χ2v) is 21.9. The van der Waals surface area contributed by atoms with E-state index in [4.69, 9.17) is 43.3 Å². The SMILES string of the molecule is C[Si](C)(C)CCOCn1ccc2c(Cl)c(C3=NC(C=C[P+](c4ccccc4)(c4ccccc4)c4ccccc4)C(=S)O3)cnc21. The van der Waals surface area contributed by atoms with Gasteiger partial charge in [-0.2, -0.15) is 0 Å². The Morgan fingerprint density at radius 1 is 0.911 bits per heavy atom. The molecule has 0 bridgehead atoms. The molecule has 0 radical (unpaired) electrons. The average Bonchev–Trinajstić information content (AvgIpc) is 3.64. The summed E-state index contributed by atoms with van der Waals surface area (Å²) in [4.78, 5) is 9.63. The summed E-state index contributed by atoms with van der Waals surface area (Å²) in [5, 5.41) is 5.49. The molecule has 3 heterocycles. The average molecular weight is 669 g/mol. The molecule has 0 fully saturated rings. The van der Waals surface area contributed by atoms with Gasteiger partial charge in [0, 0.05) is 32.5 Å². The second-order valence-electron chi connectivity index (χ2n) is 12.2. The molecule has 228 valence electrons. The molecule has 0 spiro atoms. The molecule has 45 heavy (non-hydrogen) atoms. The van der Waals surface area contributed by atoms with Crippen molar-refractivity contribution in [2.24, 2.45) is 4.99 Å². The van der Waals surface area contributed by atoms with Crippen LogP contribution in [0.5, 0.6) is 0 Å². The van der Waals surface area contributed by atoms with Crippen LogP contribution < -0.4 is 15.9 Å². The first-order valence-corrected chi connectivity index (χ1v) is 21.4. The number of hydrogen-bond donors (Lipinski definition) is 0. The van der Waals surface area contributed by atoms with Crippen molar-refractivity contribution in [3.63, 3.8) is 0 Å². The van der Waals surface area contributed by atoms with Crippen LogP contribution in [0.4, 0.5) is 0 Å². The van der Waals surface area contributed by atoms with Crippen molar-refractivity contribution < 1.29 is 9.47 Å². The fraction of sp³-hybridized carbons (Fsp3) is 0.194. The van der Waals surface area contributed by atoms with Gasteiger partial charge in [0.05, 0.1) is 16.4 Å². The van der Waals surface area contributed by atoms with Crippen LogP contribution in [0.25, 0.3) is 11.0 Å². The monoisotopic (exact) mass is 668 g/mol. The van der Waals surface area contributed by atoms with Crippen LogP contribution in [0.15, 0.2) is 126 Å². The van der Waals surface area contributed by atoms with Crippen molar-refractivity contribution in [3.8, 4) is 0 Å². The smallest absolute Gasteiger partial charge is 0.227 e. The zero-order valence-corrected chi connectivity index (χ0v) is 29.1. The van der Waals surface area contributed by atoms with Crippen molar-refractivity contribution in [2.45, 2.75) is 38.5 Å². The van der Waals surface area contributed by atoms with Crippen LogP contribution >= 0.6 is 31.1 Å². The lowest BCUT2D eigenvalue weighted by atomic mass is 10.2. The molecule has 1 atom stereocenters. The molecule has 2 aromatic heterocycles. The lowest BCUT2D eigenvalue weighted by Crippen LogP contribution is -2.29. The van der Waals surface area contributed by atoms with Crippen molar-refractivity contribution in [3.05, 3.63) is 132 Å². The molecule has 5 aromatic rings. The Balaban J connectivity index is 1.33. The third kappa shape index (κ3) is 6.74. The summed E-state index contributed by atoms with van der Waals surface area (Å²) in [7, 11) is -3.36. The van der Waals surface area contributed by atoms with E-state index < -0.39 is 21.4 Å². The zero-order chi connectivity index (χ0) is 31.4. The molecule has 5 nitrogen and oxygen atoms in total. The van der Waals surface area contributed by atoms with Crippen molar-refractivity contribution in [2.75, 3.05) is 6.61 Å². The molecule has 3 aromatic carbocycles. The molecule has 1 aliphatic rings. The van der Waals surface area contributed by atoms with E-state index in [0.717, 1.165) is 23.7 Å². The van der Waals surface area contributed by atoms with Gasteiger partial charge in [-0.3, -0.25) is 0 Å². The fourth-order valence-electron chi connectivity index (χ4n) is 5.41. The molecule has 1 unspecified atom stereocenters. The fourth-order valence-corrected chi connectivity index (χ4v) is 10.4. The highest BCUT2D eigenvalue weighted by Crippen LogP contribution is 2.57. The maximum atomic E-state index is 6.94. The Morgan fingerprint density at radius 3 is 2.04 bits per heavy atom. The number of rotatable bonds is 11. The first kappa shape index (κ1) is 31.5. The van der Waals surface area contributed by atoms with Gasteiger partial charge in [-0.1, -0.05) is 85.8 Å². The normalized spacial score (nSPS) is 15.5. The van der Waals surface area contributed by atoms with Crippen molar-refractivity contribution >= 4 is 77.1 Å². The number of hydrogen-bond acceptors (Lipinski definition) is 5. The van der Waals surface area contributed by atoms with E-state index in [1.165, 1.54) is 15.9 Å². The number of benzene rings is 3. The number of halogens is 1. The van der Waals surface area contributed by atoms with Gasteiger partial charge in [0.15, 0.2) is 5.05 Å². The molecular formula is C36H36ClN3O2PSSi+. The van der Waals surface area contributed by atoms with Gasteiger partial charge in [0.1, 0.15) is 41.6 Å². The highest BCUT2D eigenvalue weighted by molar-refractivity contribution is 7.98. The summed E-state index contributed by atoms with van der Waals surface area (Å²) in [5.41, 5.74) is 1.38. The molecule has 0 aliphatic carbocycles. The summed E-state index contributed by atoms with van der Waals surface area (Å²) >= 11 is 12.7. The second kappa shape index (κ2) is 13.5. The van der Waals surface area contributed by atoms with Crippen LogP contribution in [-0.4, -0.2) is 41.2 Å². The highest BCUT2D eigenvalue weighted by Gasteiger charge is 2.43. The predicted octanol–water partition coefficient (Wildman–Crippen LogP) is 7.98. The van der Waals surface area contributed by atoms with Crippen LogP contribution in [0, 0.1) is 0 Å². The Bertz CT molecular complexity index is 1760. The van der Waals surface area contributed by atoms with Crippen LogP contribution in [0.3, 0.4) is 0 Å². The molecule has 0 saturated carbocycles. The summed E-state index contributed by atoms with van der Waals surface area (Å²) < 4.78 is 14.0. The highest BCUT2D eigenvalue weighted by atomic mass is 35.5. The van der Waals surface area contributed by atoms with Crippen LogP contribution in [-0.2, 0) is 16.2 Å². The molecule has 6 rings (SSSR count). The van der Waals surface area contributed by atoms with Gasteiger partial charge in [0.2, 0.25) is 5.90 Å². The third-order valence-electron chi connectivity index (χ3n) is 7.86. The minimum absolute atomic E-state index is 0.385. The van der Waals surface area contributed by atoms with E-state index in [2.05, 4.69) is 123 Å². The van der Waals surface area contributed by atoms with E-state index in [9.17, 15) is 0 Å². The minimum Gasteiger partial charge on any atom is -0.429 e. The van der Waals surface area contributed by atoms with Gasteiger partial charge in [-0.25, -0.2) is 9.98 Å². The number of fused-ring (bicyclic) bond motifs is 1. The molecule has 1 aliphatic heterocycles. The maximum absolute atomic E-state index is 6.94. The first-order chi connectivity index (χ1) is 21.8. The summed E-state index contributed by atoms with van der Waals surface area (Å²) in [6.45, 7) is 8.20. The van der Waals surface area contributed by atoms with Gasteiger partial charge in [0.25, 0.3) is 0 Å². The largest absolute Gasteiger partial charge is 0.429 e. The summed E-state index contributed by atoms with van der Waals surface area (Å²) in [6, 6.07) is 34.6. The number of pyridine rings is 1. The lowest BCUT2D eigenvalue weighted by molar-refractivity contribution is 0.0899. The standard InChI is InChI=1S/C36H36ClN3O2PSSi/c1-45(2,3)24-22-41-26-40-21-19-30-33(37)31(25-38-34(30)40)35-39-32(36(44)42-35)20-23-43(27-13-7-4-8-14-27,28-15-9-5-10-16-28)29-17-11-6-12-18-29/h4-21,23,25,32H,22,24,26H2,1-3H3/q+1. The van der Waals surface area contributed by atoms with Crippen molar-refractivity contribution in [1.29, 1.82) is 0 Å². The van der Waals surface area contributed by atoms with Gasteiger partial charge >= 0.3 is 0 Å². The zero-order valence-electron chi connectivity index (χ0n) is 25.6. The molecule has 0 saturated heterocycles. The minimum atomic E-state index is -2.20. The Kier molecular flexibility index (Phi) is 9.46. The van der Waals surface area contributed by atoms with E-state index in [0.29, 0.717) is 28.3 Å². The number of aliphatic imine (C=N–C) groups is 1. The summed E-state index contributed by atoms with van der Waals surface area (Å²) in [6.07, 6.45) is 5.76. The number of ether oxygens (including phenoxy) is 2. The van der Waals surface area contributed by atoms with Crippen LogP contribution in [0.1, 0.15) is 5.56 Å². The van der Waals surface area contributed by atoms with E-state index in [-0.39, 0.29) is 0 Å².